The zero-order valence-electron chi connectivity index (χ0n) is 32.0. The van der Waals surface area contributed by atoms with Crippen molar-refractivity contribution in [1.29, 1.82) is 0 Å². The Bertz CT molecular complexity index is 2240. The van der Waals surface area contributed by atoms with Crippen molar-refractivity contribution in [2.75, 3.05) is 52.4 Å². The highest BCUT2D eigenvalue weighted by Crippen LogP contribution is 2.49. The molecule has 4 aromatic carbocycles. The Morgan fingerprint density at radius 3 is 1.25 bits per heavy atom. The molecule has 0 spiro atoms. The second kappa shape index (κ2) is 18.7. The predicted octanol–water partition coefficient (Wildman–Crippen LogP) is 7.70. The van der Waals surface area contributed by atoms with Gasteiger partial charge in [-0.15, -0.1) is 0 Å². The molecule has 0 aromatic heterocycles. The first-order chi connectivity index (χ1) is 28.2. The summed E-state index contributed by atoms with van der Waals surface area (Å²) in [7, 11) is 0. The predicted molar refractivity (Wildman–Crippen MR) is 227 cm³/mol. The molecule has 0 N–H and O–H groups in total. The molecule has 2 fully saturated rings. The molecule has 17 heteroatoms. The second-order valence-corrected chi connectivity index (χ2v) is 15.7. The monoisotopic (exact) mass is 856 g/mol. The highest BCUT2D eigenvalue weighted by Gasteiger charge is 2.30. The molecular weight excluding hydrogens is 819 g/mol. The van der Waals surface area contributed by atoms with Gasteiger partial charge in [0.25, 0.3) is 11.4 Å². The van der Waals surface area contributed by atoms with Crippen molar-refractivity contribution in [3.8, 4) is 22.3 Å². The number of carbonyl (C=O) groups is 4. The summed E-state index contributed by atoms with van der Waals surface area (Å²) < 4.78 is 0. The van der Waals surface area contributed by atoms with Gasteiger partial charge in [-0.25, -0.2) is 0 Å². The molecule has 2 aliphatic heterocycles. The highest BCUT2D eigenvalue weighted by atomic mass is 35.5. The molecule has 0 aliphatic carbocycles. The van der Waals surface area contributed by atoms with Gasteiger partial charge in [-0.05, 0) is 70.8 Å². The first-order valence-electron chi connectivity index (χ1n) is 18.5. The van der Waals surface area contributed by atoms with E-state index in [0.29, 0.717) is 84.7 Å². The molecule has 6 rings (SSSR count). The maximum Gasteiger partial charge on any atom is 0.291 e. The van der Waals surface area contributed by atoms with Gasteiger partial charge in [-0.3, -0.25) is 39.4 Å². The number of nitrogens with zero attached hydrogens (tertiary/aromatic N) is 6. The molecule has 0 atom stereocenters. The van der Waals surface area contributed by atoms with Crippen molar-refractivity contribution in [3.05, 3.63) is 126 Å². The summed E-state index contributed by atoms with van der Waals surface area (Å²) in [5.41, 5.74) is 1.01. The number of benzene rings is 4. The smallest absolute Gasteiger partial charge is 0.291 e. The second-order valence-electron chi connectivity index (χ2n) is 13.7. The largest absolute Gasteiger partial charge is 0.339 e. The van der Waals surface area contributed by atoms with Crippen LogP contribution in [0.5, 0.6) is 0 Å². The van der Waals surface area contributed by atoms with E-state index in [-0.39, 0.29) is 55.9 Å². The lowest BCUT2D eigenvalue weighted by Gasteiger charge is -2.33. The Labute approximate surface area is 354 Å². The minimum Gasteiger partial charge on any atom is -0.339 e. The van der Waals surface area contributed by atoms with Crippen LogP contribution in [0, 0.1) is 20.2 Å². The number of hydrogen-bond donors (Lipinski definition) is 0. The normalized spacial score (nSPS) is 14.6. The number of halogens is 2. The third-order valence-electron chi connectivity index (χ3n) is 10.0. The van der Waals surface area contributed by atoms with Crippen LogP contribution < -0.4 is 0 Å². The fourth-order valence-corrected chi connectivity index (χ4v) is 8.45. The Kier molecular flexibility index (Phi) is 13.5. The van der Waals surface area contributed by atoms with E-state index >= 15 is 0 Å². The van der Waals surface area contributed by atoms with Crippen LogP contribution in [0.15, 0.2) is 94.7 Å². The Balaban J connectivity index is 1.41. The summed E-state index contributed by atoms with van der Waals surface area (Å²) in [6.07, 6.45) is 5.63. The van der Waals surface area contributed by atoms with Crippen molar-refractivity contribution in [1.82, 2.24) is 19.6 Å². The Hall–Kier alpha value is -6.03. The molecule has 0 radical (unpaired) electrons. The average Bonchev–Trinajstić information content (AvgIpc) is 3.21. The van der Waals surface area contributed by atoms with Crippen LogP contribution in [0.1, 0.15) is 25.0 Å². The van der Waals surface area contributed by atoms with Gasteiger partial charge >= 0.3 is 0 Å². The number of amides is 4. The molecule has 0 unspecified atom stereocenters. The molecule has 304 valence electrons. The van der Waals surface area contributed by atoms with Crippen LogP contribution in [-0.2, 0) is 19.2 Å². The molecule has 4 aromatic rings. The van der Waals surface area contributed by atoms with Crippen molar-refractivity contribution in [3.63, 3.8) is 0 Å². The lowest BCUT2D eigenvalue weighted by molar-refractivity contribution is -0.387. The summed E-state index contributed by atoms with van der Waals surface area (Å²) in [6, 6.07) is 19.1. The average molecular weight is 858 g/mol. The third-order valence-corrected chi connectivity index (χ3v) is 11.6. The third kappa shape index (κ3) is 9.99. The van der Waals surface area contributed by atoms with E-state index in [1.807, 2.05) is 0 Å². The zero-order valence-corrected chi connectivity index (χ0v) is 34.3. The SMILES string of the molecule is CC(=O)N1CCN(C(=O)C=Cc2ccc(Sc3ccc(C=CC(=O)N4CCN(C(C)=O)CC4)c(-c4cccc(Cl)c4)c3[N+](=O)[O-])c([N+](=O)[O-])c2-c2cccc(Cl)c2)CC1. The van der Waals surface area contributed by atoms with Crippen LogP contribution in [0.3, 0.4) is 0 Å². The maximum atomic E-state index is 13.2. The van der Waals surface area contributed by atoms with Gasteiger partial charge in [0.1, 0.15) is 0 Å². The van der Waals surface area contributed by atoms with E-state index in [1.165, 1.54) is 50.3 Å². The van der Waals surface area contributed by atoms with Crippen molar-refractivity contribution < 1.29 is 29.0 Å². The van der Waals surface area contributed by atoms with Crippen molar-refractivity contribution in [2.24, 2.45) is 0 Å². The number of nitro groups is 2. The summed E-state index contributed by atoms with van der Waals surface area (Å²) >= 11 is 13.6. The minimum atomic E-state index is -0.568. The van der Waals surface area contributed by atoms with Crippen LogP contribution in [0.2, 0.25) is 10.0 Å². The summed E-state index contributed by atoms with van der Waals surface area (Å²) in [4.78, 5) is 81.7. The van der Waals surface area contributed by atoms with Crippen molar-refractivity contribution in [2.45, 2.75) is 23.6 Å². The number of piperazine rings is 2. The quantitative estimate of drug-likeness (QED) is 0.0882. The molecule has 14 nitrogen and oxygen atoms in total. The van der Waals surface area contributed by atoms with Gasteiger partial charge < -0.3 is 19.6 Å². The molecule has 2 heterocycles. The van der Waals surface area contributed by atoms with E-state index in [2.05, 4.69) is 0 Å². The van der Waals surface area contributed by atoms with Gasteiger partial charge in [-0.1, -0.05) is 71.4 Å². The van der Waals surface area contributed by atoms with Crippen molar-refractivity contribution >= 4 is 82.1 Å². The standard InChI is InChI=1S/C42H38Cl2N6O8S/c1-27(51)45-17-21-47(22-18-45)37(53)15-11-29-9-13-35(41(49(55)56)39(29)31-5-3-7-33(43)25-31)59-36-14-10-30(12-16-38(54)48-23-19-46(20-24-48)28(2)52)40(42(36)50(57)58)32-6-4-8-34(44)26-32/h3-16,25-26H,17-24H2,1-2H3. The Morgan fingerprint density at radius 1 is 0.576 bits per heavy atom. The number of carbonyl (C=O) groups excluding carboxylic acids is 4. The maximum absolute atomic E-state index is 13.2. The van der Waals surface area contributed by atoms with Gasteiger partial charge in [0.2, 0.25) is 23.6 Å². The first-order valence-corrected chi connectivity index (χ1v) is 20.1. The summed E-state index contributed by atoms with van der Waals surface area (Å²) in [5, 5.41) is 26.7. The highest BCUT2D eigenvalue weighted by molar-refractivity contribution is 7.99. The number of rotatable bonds is 10. The van der Waals surface area contributed by atoms with E-state index in [4.69, 9.17) is 23.2 Å². The van der Waals surface area contributed by atoms with Gasteiger partial charge in [-0.2, -0.15) is 0 Å². The zero-order chi connectivity index (χ0) is 42.4. The lowest BCUT2D eigenvalue weighted by Crippen LogP contribution is -2.49. The molecule has 0 bridgehead atoms. The fraction of sp³-hybridized carbons (Fsp3) is 0.238. The van der Waals surface area contributed by atoms with E-state index in [9.17, 15) is 39.4 Å². The first kappa shape index (κ1) is 42.6. The van der Waals surface area contributed by atoms with Crippen LogP contribution in [-0.4, -0.2) is 105 Å². The van der Waals surface area contributed by atoms with E-state index < -0.39 is 9.85 Å². The van der Waals surface area contributed by atoms with Crippen LogP contribution in [0.25, 0.3) is 34.4 Å². The van der Waals surface area contributed by atoms with Gasteiger partial charge in [0.15, 0.2) is 0 Å². The summed E-state index contributed by atoms with van der Waals surface area (Å²) in [5.74, 6) is -0.816. The van der Waals surface area contributed by atoms with Gasteiger partial charge in [0.05, 0.1) is 30.8 Å². The minimum absolute atomic E-state index is 0.0763. The molecule has 4 amide bonds. The van der Waals surface area contributed by atoms with Crippen LogP contribution in [0.4, 0.5) is 11.4 Å². The van der Waals surface area contributed by atoms with Crippen LogP contribution >= 0.6 is 35.0 Å². The van der Waals surface area contributed by atoms with Gasteiger partial charge in [0, 0.05) is 88.4 Å². The number of nitro benzene ring substituents is 2. The topological polar surface area (TPSA) is 168 Å². The van der Waals surface area contributed by atoms with E-state index in [0.717, 1.165) is 11.8 Å². The molecular formula is C42H38Cl2N6O8S. The Morgan fingerprint density at radius 2 is 0.932 bits per heavy atom. The molecule has 2 saturated heterocycles. The molecule has 59 heavy (non-hydrogen) atoms. The molecule has 2 aliphatic rings. The number of hydrogen-bond acceptors (Lipinski definition) is 9. The fourth-order valence-electron chi connectivity index (χ4n) is 7.01. The van der Waals surface area contributed by atoms with E-state index in [1.54, 1.807) is 80.3 Å². The summed E-state index contributed by atoms with van der Waals surface area (Å²) in [6.45, 7) is 5.84. The molecule has 0 saturated carbocycles. The lowest BCUT2D eigenvalue weighted by atomic mass is 9.97.